The first kappa shape index (κ1) is 19.5. The molecule has 164 valence electrons. The van der Waals surface area contributed by atoms with Crippen LogP contribution in [0.1, 0.15) is 58.9 Å². The molecule has 0 amide bonds. The van der Waals surface area contributed by atoms with E-state index in [0.29, 0.717) is 0 Å². The van der Waals surface area contributed by atoms with Crippen LogP contribution < -0.4 is 0 Å². The van der Waals surface area contributed by atoms with Crippen LogP contribution in [0.25, 0.3) is 0 Å². The zero-order chi connectivity index (χ0) is 21.9. The molecular weight excluding hydrogens is 392 g/mol. The molecule has 5 nitrogen and oxygen atoms in total. The van der Waals surface area contributed by atoms with Gasteiger partial charge in [0, 0.05) is 22.7 Å². The quantitative estimate of drug-likeness (QED) is 0.515. The first-order valence-electron chi connectivity index (χ1n) is 11.5. The molecule has 3 fully saturated rings. The number of hydrogen-bond donors (Lipinski definition) is 0. The minimum atomic E-state index is -0.772. The van der Waals surface area contributed by atoms with Gasteiger partial charge in [-0.25, -0.2) is 0 Å². The van der Waals surface area contributed by atoms with E-state index in [0.717, 1.165) is 12.8 Å². The van der Waals surface area contributed by atoms with Crippen molar-refractivity contribution < 1.29 is 23.5 Å². The normalized spacial score (nSPS) is 49.8. The van der Waals surface area contributed by atoms with E-state index < -0.39 is 16.9 Å². The predicted octanol–water partition coefficient (Wildman–Crippen LogP) is 4.59. The highest BCUT2D eigenvalue weighted by atomic mass is 16.6. The van der Waals surface area contributed by atoms with Crippen LogP contribution in [0, 0.1) is 28.1 Å². The summed E-state index contributed by atoms with van der Waals surface area (Å²) >= 11 is 0. The van der Waals surface area contributed by atoms with Crippen molar-refractivity contribution >= 4 is 11.8 Å². The fraction of sp³-hybridized carbons (Fsp3) is 0.615. The second kappa shape index (κ2) is 5.80. The summed E-state index contributed by atoms with van der Waals surface area (Å²) < 4.78 is 18.2. The lowest BCUT2D eigenvalue weighted by Crippen LogP contribution is -2.65. The van der Waals surface area contributed by atoms with Gasteiger partial charge < -0.3 is 13.9 Å². The van der Waals surface area contributed by atoms with E-state index in [9.17, 15) is 9.59 Å². The van der Waals surface area contributed by atoms with E-state index in [1.54, 1.807) is 18.4 Å². The first-order valence-corrected chi connectivity index (χ1v) is 11.5. The lowest BCUT2D eigenvalue weighted by Gasteiger charge is -2.59. The number of furan rings is 1. The number of rotatable bonds is 2. The summed E-state index contributed by atoms with van der Waals surface area (Å²) in [5.74, 6) is 0.0287. The van der Waals surface area contributed by atoms with Crippen LogP contribution in [0.15, 0.2) is 46.3 Å². The minimum Gasteiger partial charge on any atom is -0.472 e. The monoisotopic (exact) mass is 422 g/mol. The highest BCUT2D eigenvalue weighted by Gasteiger charge is 2.77. The Kier molecular flexibility index (Phi) is 3.66. The standard InChI is InChI=1S/C26H30O5/c1-6-17-25(4)18(27)7-9-24(3)21(25)20(31-23(24)28)22-26(17,5)19-13(2)15(11-16(19)30-22)14-8-10-29-12-14/h7-10,12,15-17,20-22H,6,11H2,1-5H3/t15-,16+,17+,20+,21-,22+,24+,25-,26+/m0/s1. The van der Waals surface area contributed by atoms with Gasteiger partial charge in [0.2, 0.25) is 0 Å². The summed E-state index contributed by atoms with van der Waals surface area (Å²) in [6, 6.07) is 2.03. The molecule has 1 aromatic heterocycles. The number of esters is 1. The van der Waals surface area contributed by atoms with Gasteiger partial charge in [0.25, 0.3) is 0 Å². The summed E-state index contributed by atoms with van der Waals surface area (Å²) in [4.78, 5) is 26.6. The first-order chi connectivity index (χ1) is 14.7. The van der Waals surface area contributed by atoms with E-state index in [-0.39, 0.29) is 47.1 Å². The average Bonchev–Trinajstić information content (AvgIpc) is 3.46. The molecule has 3 aliphatic carbocycles. The number of allylic oxidation sites excluding steroid dienone is 2. The molecule has 0 aromatic carbocycles. The predicted molar refractivity (Wildman–Crippen MR) is 113 cm³/mol. The van der Waals surface area contributed by atoms with Gasteiger partial charge in [-0.15, -0.1) is 0 Å². The molecule has 2 aliphatic heterocycles. The molecule has 5 aliphatic rings. The van der Waals surface area contributed by atoms with Crippen molar-refractivity contribution in [2.45, 2.75) is 71.7 Å². The highest BCUT2D eigenvalue weighted by molar-refractivity contribution is 6.00. The van der Waals surface area contributed by atoms with Crippen LogP contribution >= 0.6 is 0 Å². The number of fused-ring (bicyclic) bond motifs is 4. The van der Waals surface area contributed by atoms with Crippen LogP contribution in [-0.4, -0.2) is 30.1 Å². The fourth-order valence-electron chi connectivity index (χ4n) is 8.58. The van der Waals surface area contributed by atoms with E-state index in [1.165, 1.54) is 16.7 Å². The van der Waals surface area contributed by atoms with Gasteiger partial charge in [-0.3, -0.25) is 9.59 Å². The van der Waals surface area contributed by atoms with Crippen molar-refractivity contribution in [3.8, 4) is 0 Å². The van der Waals surface area contributed by atoms with Gasteiger partial charge in [-0.05, 0) is 49.5 Å². The van der Waals surface area contributed by atoms with Gasteiger partial charge >= 0.3 is 5.97 Å². The highest BCUT2D eigenvalue weighted by Crippen LogP contribution is 2.71. The van der Waals surface area contributed by atoms with Crippen molar-refractivity contribution in [1.82, 2.24) is 0 Å². The van der Waals surface area contributed by atoms with Crippen LogP contribution in [0.5, 0.6) is 0 Å². The third-order valence-corrected chi connectivity index (χ3v) is 9.72. The fourth-order valence-corrected chi connectivity index (χ4v) is 8.58. The van der Waals surface area contributed by atoms with Crippen LogP contribution in [0.4, 0.5) is 0 Å². The summed E-state index contributed by atoms with van der Waals surface area (Å²) in [7, 11) is 0. The largest absolute Gasteiger partial charge is 0.472 e. The van der Waals surface area contributed by atoms with E-state index in [4.69, 9.17) is 13.9 Å². The van der Waals surface area contributed by atoms with Crippen molar-refractivity contribution in [3.05, 3.63) is 47.5 Å². The van der Waals surface area contributed by atoms with Gasteiger partial charge in [0.15, 0.2) is 5.78 Å². The molecule has 0 radical (unpaired) electrons. The molecule has 1 saturated carbocycles. The van der Waals surface area contributed by atoms with E-state index in [2.05, 4.69) is 27.7 Å². The van der Waals surface area contributed by atoms with Gasteiger partial charge in [0.05, 0.1) is 24.0 Å². The summed E-state index contributed by atoms with van der Waals surface area (Å²) in [5.41, 5.74) is 2.02. The lowest BCUT2D eigenvalue weighted by atomic mass is 9.42. The maximum absolute atomic E-state index is 13.5. The molecule has 0 spiro atoms. The van der Waals surface area contributed by atoms with Crippen LogP contribution in [-0.2, 0) is 19.1 Å². The topological polar surface area (TPSA) is 65.7 Å². The van der Waals surface area contributed by atoms with Gasteiger partial charge in [0.1, 0.15) is 12.2 Å². The Morgan fingerprint density at radius 1 is 1.16 bits per heavy atom. The average molecular weight is 423 g/mol. The minimum absolute atomic E-state index is 0.0127. The Labute approximate surface area is 182 Å². The smallest absolute Gasteiger partial charge is 0.316 e. The summed E-state index contributed by atoms with van der Waals surface area (Å²) in [5, 5.41) is 0. The zero-order valence-electron chi connectivity index (χ0n) is 18.8. The third kappa shape index (κ3) is 1.99. The zero-order valence-corrected chi connectivity index (χ0v) is 18.8. The molecule has 6 rings (SSSR count). The Balaban J connectivity index is 1.56. The Morgan fingerprint density at radius 2 is 1.94 bits per heavy atom. The number of hydrogen-bond acceptors (Lipinski definition) is 5. The summed E-state index contributed by atoms with van der Waals surface area (Å²) in [6.45, 7) is 10.7. The molecule has 9 atom stereocenters. The Bertz CT molecular complexity index is 1050. The van der Waals surface area contributed by atoms with Crippen molar-refractivity contribution in [2.24, 2.45) is 28.1 Å². The third-order valence-electron chi connectivity index (χ3n) is 9.72. The van der Waals surface area contributed by atoms with Crippen molar-refractivity contribution in [3.63, 3.8) is 0 Å². The number of carbonyl (C=O) groups is 2. The number of ketones is 1. The molecule has 31 heavy (non-hydrogen) atoms. The number of ether oxygens (including phenoxy) is 2. The van der Waals surface area contributed by atoms with Crippen LogP contribution in [0.3, 0.4) is 0 Å². The molecule has 3 heterocycles. The van der Waals surface area contributed by atoms with Gasteiger partial charge in [-0.2, -0.15) is 0 Å². The SMILES string of the molecule is CC[C@H]1[C@]2(C)C3=C(C)[C@@H](c4ccoc4)C[C@H]3O[C@@H]2[C@@H]2OC(=O)[C@]3(C)C=CC(=O)[C@@]1(C)[C@@H]23. The van der Waals surface area contributed by atoms with Gasteiger partial charge in [-0.1, -0.05) is 38.8 Å². The molecule has 0 N–H and O–H groups in total. The second-order valence-electron chi connectivity index (χ2n) is 10.8. The maximum atomic E-state index is 13.5. The molecule has 0 unspecified atom stereocenters. The van der Waals surface area contributed by atoms with E-state index in [1.807, 2.05) is 19.3 Å². The maximum Gasteiger partial charge on any atom is 0.316 e. The van der Waals surface area contributed by atoms with Crippen LogP contribution in [0.2, 0.25) is 0 Å². The van der Waals surface area contributed by atoms with E-state index >= 15 is 0 Å². The molecule has 2 saturated heterocycles. The summed E-state index contributed by atoms with van der Waals surface area (Å²) in [6.07, 6.45) is 8.06. The lowest BCUT2D eigenvalue weighted by molar-refractivity contribution is -0.186. The molecule has 0 bridgehead atoms. The molecule has 5 heteroatoms. The Hall–Kier alpha value is -2.14. The molecular formula is C26H30O5. The molecule has 1 aromatic rings. The van der Waals surface area contributed by atoms with Crippen molar-refractivity contribution in [1.29, 1.82) is 0 Å². The second-order valence-corrected chi connectivity index (χ2v) is 10.8. The number of carbonyl (C=O) groups excluding carboxylic acids is 2. The Morgan fingerprint density at radius 3 is 2.61 bits per heavy atom. The van der Waals surface area contributed by atoms with Crippen molar-refractivity contribution in [2.75, 3.05) is 0 Å².